The number of imidazole rings is 1. The number of alkyl halides is 1. The lowest BCUT2D eigenvalue weighted by atomic mass is 10.1. The molecule has 7 N–H and O–H groups in total. The average molecular weight is 312 g/mol. The standard InChI is InChI=1S/C11H13FN6O4/c12-4-7(22-10(1-13)8(20)11(4,10)21)18-2-15-3-5(18)16-9(14)17-6(3)19/h2,4,7-8,20-21H,1,13H2,(H3,14,16,17,19)/t4-,7+,8?,10+,11+/m0/s1. The van der Waals surface area contributed by atoms with E-state index in [0.29, 0.717) is 0 Å². The fraction of sp³-hybridized carbons (Fsp3) is 0.545. The maximum atomic E-state index is 14.6. The number of hydrogen-bond acceptors (Lipinski definition) is 8. The summed E-state index contributed by atoms with van der Waals surface area (Å²) in [6.07, 6.45) is -3.54. The van der Waals surface area contributed by atoms with Crippen LogP contribution in [0.2, 0.25) is 0 Å². The third kappa shape index (κ3) is 1.26. The topological polar surface area (TPSA) is 165 Å². The van der Waals surface area contributed by atoms with Crippen molar-refractivity contribution >= 4 is 17.1 Å². The second-order valence-electron chi connectivity index (χ2n) is 5.51. The van der Waals surface area contributed by atoms with Gasteiger partial charge >= 0.3 is 0 Å². The number of nitrogens with one attached hydrogen (secondary N) is 1. The van der Waals surface area contributed by atoms with Gasteiger partial charge in [-0.1, -0.05) is 0 Å². The molecule has 1 saturated heterocycles. The van der Waals surface area contributed by atoms with Gasteiger partial charge in [-0.25, -0.2) is 9.37 Å². The molecule has 11 heteroatoms. The fourth-order valence-electron chi connectivity index (χ4n) is 3.18. The molecule has 1 aliphatic heterocycles. The Kier molecular flexibility index (Phi) is 2.35. The Morgan fingerprint density at radius 2 is 2.32 bits per heavy atom. The van der Waals surface area contributed by atoms with Gasteiger partial charge in [-0.3, -0.25) is 14.3 Å². The first-order valence-corrected chi connectivity index (χ1v) is 6.51. The number of anilines is 1. The van der Waals surface area contributed by atoms with Gasteiger partial charge in [-0.2, -0.15) is 4.98 Å². The van der Waals surface area contributed by atoms with Crippen molar-refractivity contribution in [1.82, 2.24) is 19.5 Å². The Balaban J connectivity index is 1.84. The van der Waals surface area contributed by atoms with Crippen molar-refractivity contribution < 1.29 is 19.3 Å². The molecular weight excluding hydrogens is 299 g/mol. The Hall–Kier alpha value is -2.08. The molecule has 10 nitrogen and oxygen atoms in total. The van der Waals surface area contributed by atoms with E-state index in [1.807, 2.05) is 0 Å². The fourth-order valence-corrected chi connectivity index (χ4v) is 3.18. The number of aliphatic hydroxyl groups is 2. The summed E-state index contributed by atoms with van der Waals surface area (Å²) in [5.74, 6) is -0.162. The average Bonchev–Trinajstić information content (AvgIpc) is 2.81. The van der Waals surface area contributed by atoms with Crippen LogP contribution in [0.25, 0.3) is 11.2 Å². The van der Waals surface area contributed by atoms with Gasteiger partial charge in [0.05, 0.1) is 6.33 Å². The molecule has 1 saturated carbocycles. The van der Waals surface area contributed by atoms with Crippen molar-refractivity contribution in [3.63, 3.8) is 0 Å². The normalized spacial score (nSPS) is 40.1. The number of aromatic amines is 1. The molecule has 0 radical (unpaired) electrons. The number of halogens is 1. The smallest absolute Gasteiger partial charge is 0.280 e. The monoisotopic (exact) mass is 312 g/mol. The lowest BCUT2D eigenvalue weighted by Crippen LogP contribution is -2.34. The summed E-state index contributed by atoms with van der Waals surface area (Å²) in [5, 5.41) is 20.0. The van der Waals surface area contributed by atoms with Crippen molar-refractivity contribution in [3.05, 3.63) is 16.7 Å². The highest BCUT2D eigenvalue weighted by Crippen LogP contribution is 2.63. The molecule has 0 spiro atoms. The number of nitrogen functional groups attached to an aromatic ring is 1. The van der Waals surface area contributed by atoms with Gasteiger partial charge in [0.1, 0.15) is 11.7 Å². The van der Waals surface area contributed by atoms with Crippen molar-refractivity contribution in [2.75, 3.05) is 12.3 Å². The largest absolute Gasteiger partial charge is 0.387 e. The molecule has 0 amide bonds. The number of nitrogens with zero attached hydrogens (tertiary/aromatic N) is 3. The van der Waals surface area contributed by atoms with E-state index in [2.05, 4.69) is 15.0 Å². The first-order chi connectivity index (χ1) is 10.4. The minimum absolute atomic E-state index is 0.0143. The molecule has 2 aliphatic rings. The lowest BCUT2D eigenvalue weighted by molar-refractivity contribution is -0.0867. The van der Waals surface area contributed by atoms with E-state index in [1.54, 1.807) is 0 Å². The molecule has 22 heavy (non-hydrogen) atoms. The van der Waals surface area contributed by atoms with Crippen molar-refractivity contribution in [2.45, 2.75) is 29.7 Å². The number of nitrogens with two attached hydrogens (primary N) is 2. The van der Waals surface area contributed by atoms with Crippen LogP contribution in [0.4, 0.5) is 10.3 Å². The lowest BCUT2D eigenvalue weighted by Gasteiger charge is -2.21. The number of hydrogen-bond donors (Lipinski definition) is 5. The molecule has 1 unspecified atom stereocenters. The van der Waals surface area contributed by atoms with Gasteiger partial charge in [0, 0.05) is 6.54 Å². The van der Waals surface area contributed by atoms with E-state index in [9.17, 15) is 19.4 Å². The zero-order chi connectivity index (χ0) is 15.9. The van der Waals surface area contributed by atoms with E-state index in [1.165, 1.54) is 0 Å². The Morgan fingerprint density at radius 1 is 1.59 bits per heavy atom. The van der Waals surface area contributed by atoms with Crippen molar-refractivity contribution in [3.8, 4) is 0 Å². The SMILES string of the molecule is NC[C@]12O[C@@H](n3cnc4c(=O)[nH]c(N)nc43)[C@H](F)[C@@]1(O)C2O. The number of H-pyrrole nitrogens is 1. The van der Waals surface area contributed by atoms with E-state index in [0.717, 1.165) is 10.9 Å². The summed E-state index contributed by atoms with van der Waals surface area (Å²) in [4.78, 5) is 21.7. The van der Waals surface area contributed by atoms with E-state index in [4.69, 9.17) is 16.2 Å². The molecule has 1 aliphatic carbocycles. The molecule has 3 heterocycles. The number of rotatable bonds is 2. The maximum Gasteiger partial charge on any atom is 0.280 e. The number of aromatic nitrogens is 4. The van der Waals surface area contributed by atoms with Gasteiger partial charge in [0.2, 0.25) is 5.95 Å². The molecule has 0 aromatic carbocycles. The zero-order valence-corrected chi connectivity index (χ0v) is 11.1. The zero-order valence-electron chi connectivity index (χ0n) is 11.1. The second-order valence-corrected chi connectivity index (χ2v) is 5.51. The van der Waals surface area contributed by atoms with E-state index < -0.39 is 35.3 Å². The maximum absolute atomic E-state index is 14.6. The summed E-state index contributed by atoms with van der Waals surface area (Å²) in [5.41, 5.74) is 6.71. The predicted molar refractivity (Wildman–Crippen MR) is 70.3 cm³/mol. The van der Waals surface area contributed by atoms with Gasteiger partial charge in [0.15, 0.2) is 29.2 Å². The minimum atomic E-state index is -2.09. The molecule has 4 rings (SSSR count). The Morgan fingerprint density at radius 3 is 2.95 bits per heavy atom. The summed E-state index contributed by atoms with van der Waals surface area (Å²) >= 11 is 0. The van der Waals surface area contributed by atoms with Gasteiger partial charge < -0.3 is 26.4 Å². The van der Waals surface area contributed by atoms with Crippen LogP contribution >= 0.6 is 0 Å². The Labute approximate surface area is 121 Å². The molecule has 0 bridgehead atoms. The van der Waals surface area contributed by atoms with E-state index >= 15 is 0 Å². The van der Waals surface area contributed by atoms with Crippen molar-refractivity contribution in [2.24, 2.45) is 5.73 Å². The number of aliphatic hydroxyl groups excluding tert-OH is 1. The van der Waals surface area contributed by atoms with Gasteiger partial charge in [-0.15, -0.1) is 0 Å². The summed E-state index contributed by atoms with van der Waals surface area (Å²) in [7, 11) is 0. The molecule has 5 atom stereocenters. The van der Waals surface area contributed by atoms with Crippen LogP contribution in [0.1, 0.15) is 6.23 Å². The van der Waals surface area contributed by atoms with Crippen molar-refractivity contribution in [1.29, 1.82) is 0 Å². The van der Waals surface area contributed by atoms with Crippen LogP contribution in [0, 0.1) is 0 Å². The van der Waals surface area contributed by atoms with Gasteiger partial charge in [-0.05, 0) is 0 Å². The quantitative estimate of drug-likeness (QED) is 0.401. The number of fused-ring (bicyclic) bond motifs is 2. The highest BCUT2D eigenvalue weighted by atomic mass is 19.1. The highest BCUT2D eigenvalue weighted by molar-refractivity contribution is 5.70. The predicted octanol–water partition coefficient (Wildman–Crippen LogP) is -2.63. The molecule has 2 aromatic rings. The van der Waals surface area contributed by atoms with Crippen LogP contribution in [0.3, 0.4) is 0 Å². The third-order valence-corrected chi connectivity index (χ3v) is 4.48. The molecular formula is C11H13FN6O4. The van der Waals surface area contributed by atoms with Crippen LogP contribution in [-0.4, -0.2) is 59.8 Å². The van der Waals surface area contributed by atoms with Crippen LogP contribution in [0.5, 0.6) is 0 Å². The Bertz CT molecular complexity index is 834. The number of ether oxygens (including phenoxy) is 1. The molecule has 2 fully saturated rings. The van der Waals surface area contributed by atoms with Crippen LogP contribution in [-0.2, 0) is 4.74 Å². The summed E-state index contributed by atoms with van der Waals surface area (Å²) < 4.78 is 21.2. The van der Waals surface area contributed by atoms with Crippen LogP contribution < -0.4 is 17.0 Å². The van der Waals surface area contributed by atoms with Crippen LogP contribution in [0.15, 0.2) is 11.1 Å². The third-order valence-electron chi connectivity index (χ3n) is 4.48. The van der Waals surface area contributed by atoms with Gasteiger partial charge in [0.25, 0.3) is 5.56 Å². The molecule has 118 valence electrons. The highest BCUT2D eigenvalue weighted by Gasteiger charge is 2.87. The minimum Gasteiger partial charge on any atom is -0.387 e. The first kappa shape index (κ1) is 13.6. The first-order valence-electron chi connectivity index (χ1n) is 6.51. The summed E-state index contributed by atoms with van der Waals surface area (Å²) in [6.45, 7) is -0.260. The van der Waals surface area contributed by atoms with E-state index in [-0.39, 0.29) is 23.7 Å². The second kappa shape index (κ2) is 3.81. The summed E-state index contributed by atoms with van der Waals surface area (Å²) in [6, 6.07) is 0. The molecule has 2 aromatic heterocycles.